The van der Waals surface area contributed by atoms with Crippen molar-refractivity contribution in [2.24, 2.45) is 0 Å². The molecule has 0 amide bonds. The Balaban J connectivity index is 2.31. The molecule has 0 fully saturated rings. The summed E-state index contributed by atoms with van der Waals surface area (Å²) in [5, 5.41) is 11.2. The molecule has 2 rings (SSSR count). The van der Waals surface area contributed by atoms with Crippen LogP contribution in [0.5, 0.6) is 0 Å². The molecule has 4 heteroatoms. The van der Waals surface area contributed by atoms with Crippen LogP contribution in [-0.4, -0.2) is 4.92 Å². The number of allylic oxidation sites excluding steroid dienone is 1. The third-order valence-corrected chi connectivity index (χ3v) is 3.85. The first kappa shape index (κ1) is 13.5. The van der Waals surface area contributed by atoms with Gasteiger partial charge in [0, 0.05) is 15.8 Å². The molecule has 0 aliphatic rings. The molecule has 0 radical (unpaired) electrons. The summed E-state index contributed by atoms with van der Waals surface area (Å²) in [6.45, 7) is 4.00. The van der Waals surface area contributed by atoms with Gasteiger partial charge in [-0.25, -0.2) is 0 Å². The Morgan fingerprint density at radius 3 is 2.53 bits per heavy atom. The number of hydrogen-bond donors (Lipinski definition) is 0. The maximum Gasteiger partial charge on any atom is 0.251 e. The number of nitrogens with zero attached hydrogens (tertiary/aromatic N) is 1. The predicted octanol–water partition coefficient (Wildman–Crippen LogP) is 4.23. The van der Waals surface area contributed by atoms with E-state index in [1.165, 1.54) is 4.88 Å². The van der Waals surface area contributed by atoms with Gasteiger partial charge >= 0.3 is 0 Å². The first-order chi connectivity index (χ1) is 9.06. The fraction of sp³-hybridized carbons (Fsp3) is 0.200. The number of aryl methyl sites for hydroxylation is 2. The van der Waals surface area contributed by atoms with Crippen LogP contribution < -0.4 is 0 Å². The summed E-state index contributed by atoms with van der Waals surface area (Å²) < 4.78 is 0. The molecule has 0 spiro atoms. The van der Waals surface area contributed by atoms with E-state index in [9.17, 15) is 10.1 Å². The van der Waals surface area contributed by atoms with Crippen LogP contribution >= 0.6 is 11.3 Å². The number of rotatable bonds is 4. The first-order valence-electron chi connectivity index (χ1n) is 6.02. The molecule has 0 atom stereocenters. The van der Waals surface area contributed by atoms with E-state index in [2.05, 4.69) is 0 Å². The Labute approximate surface area is 116 Å². The molecule has 1 heterocycles. The van der Waals surface area contributed by atoms with Crippen molar-refractivity contribution in [1.29, 1.82) is 0 Å². The van der Waals surface area contributed by atoms with Gasteiger partial charge in [0.1, 0.15) is 0 Å². The van der Waals surface area contributed by atoms with Crippen molar-refractivity contribution in [1.82, 2.24) is 0 Å². The Morgan fingerprint density at radius 2 is 2.00 bits per heavy atom. The summed E-state index contributed by atoms with van der Waals surface area (Å²) in [5.74, 6) is 0. The van der Waals surface area contributed by atoms with Crippen molar-refractivity contribution in [2.75, 3.05) is 0 Å². The van der Waals surface area contributed by atoms with Crippen LogP contribution in [0.25, 0.3) is 6.08 Å². The highest BCUT2D eigenvalue weighted by molar-refractivity contribution is 7.12. The minimum atomic E-state index is -0.292. The van der Waals surface area contributed by atoms with Crippen LogP contribution in [0.15, 0.2) is 42.1 Å². The lowest BCUT2D eigenvalue weighted by atomic mass is 10.1. The topological polar surface area (TPSA) is 43.1 Å². The van der Waals surface area contributed by atoms with Gasteiger partial charge in [-0.05, 0) is 31.0 Å². The lowest BCUT2D eigenvalue weighted by Crippen LogP contribution is -2.02. The van der Waals surface area contributed by atoms with Gasteiger partial charge in [-0.3, -0.25) is 10.1 Å². The van der Waals surface area contributed by atoms with E-state index in [4.69, 9.17) is 0 Å². The zero-order chi connectivity index (χ0) is 13.8. The molecule has 0 unspecified atom stereocenters. The highest BCUT2D eigenvalue weighted by Gasteiger charge is 2.13. The molecule has 0 N–H and O–H groups in total. The molecule has 3 nitrogen and oxygen atoms in total. The maximum atomic E-state index is 11.2. The molecule has 0 saturated carbocycles. The maximum absolute atomic E-state index is 11.2. The van der Waals surface area contributed by atoms with Gasteiger partial charge in [-0.1, -0.05) is 30.3 Å². The lowest BCUT2D eigenvalue weighted by molar-refractivity contribution is -0.425. The van der Waals surface area contributed by atoms with E-state index in [0.29, 0.717) is 6.42 Å². The molecular weight excluding hydrogens is 258 g/mol. The summed E-state index contributed by atoms with van der Waals surface area (Å²) in [6, 6.07) is 11.5. The fourth-order valence-corrected chi connectivity index (χ4v) is 2.85. The van der Waals surface area contributed by atoms with Crippen LogP contribution in [0.4, 0.5) is 0 Å². The van der Waals surface area contributed by atoms with Crippen molar-refractivity contribution in [3.8, 4) is 0 Å². The molecule has 2 aromatic rings. The number of hydrogen-bond acceptors (Lipinski definition) is 3. The van der Waals surface area contributed by atoms with Crippen LogP contribution in [0.3, 0.4) is 0 Å². The van der Waals surface area contributed by atoms with Crippen molar-refractivity contribution in [2.45, 2.75) is 20.3 Å². The SMILES string of the molecule is Cc1cc(C=C(Cc2ccccc2)[N+](=O)[O-])c(C)s1. The monoisotopic (exact) mass is 273 g/mol. The third kappa shape index (κ3) is 3.51. The predicted molar refractivity (Wildman–Crippen MR) is 78.9 cm³/mol. The first-order valence-corrected chi connectivity index (χ1v) is 6.84. The molecule has 98 valence electrons. The molecular formula is C15H15NO2S. The second-order valence-electron chi connectivity index (χ2n) is 4.42. The van der Waals surface area contributed by atoms with E-state index >= 15 is 0 Å². The third-order valence-electron chi connectivity index (χ3n) is 2.86. The zero-order valence-corrected chi connectivity index (χ0v) is 11.7. The number of benzene rings is 1. The zero-order valence-electron chi connectivity index (χ0n) is 10.9. The quantitative estimate of drug-likeness (QED) is 0.618. The molecule has 0 aliphatic carbocycles. The Kier molecular flexibility index (Phi) is 4.12. The van der Waals surface area contributed by atoms with Gasteiger partial charge in [-0.15, -0.1) is 11.3 Å². The van der Waals surface area contributed by atoms with Crippen molar-refractivity contribution in [3.05, 3.63) is 73.1 Å². The van der Waals surface area contributed by atoms with Gasteiger partial charge in [0.15, 0.2) is 0 Å². The van der Waals surface area contributed by atoms with Crippen molar-refractivity contribution in [3.63, 3.8) is 0 Å². The van der Waals surface area contributed by atoms with Gasteiger partial charge in [-0.2, -0.15) is 0 Å². The summed E-state index contributed by atoms with van der Waals surface area (Å²) in [6.07, 6.45) is 2.04. The smallest absolute Gasteiger partial charge is 0.251 e. The minimum Gasteiger partial charge on any atom is -0.259 e. The molecule has 0 bridgehead atoms. The molecule has 1 aromatic heterocycles. The summed E-state index contributed by atoms with van der Waals surface area (Å²) in [5.41, 5.74) is 2.13. The highest BCUT2D eigenvalue weighted by atomic mass is 32.1. The Bertz CT molecular complexity index is 614. The van der Waals surface area contributed by atoms with Gasteiger partial charge in [0.05, 0.1) is 11.3 Å². The normalized spacial score (nSPS) is 11.6. The molecule has 0 saturated heterocycles. The van der Waals surface area contributed by atoms with Gasteiger partial charge in [0.2, 0.25) is 0 Å². The van der Waals surface area contributed by atoms with Crippen molar-refractivity contribution < 1.29 is 4.92 Å². The van der Waals surface area contributed by atoms with Crippen LogP contribution in [-0.2, 0) is 6.42 Å². The highest BCUT2D eigenvalue weighted by Crippen LogP contribution is 2.24. The average Bonchev–Trinajstić information content (AvgIpc) is 2.68. The fourth-order valence-electron chi connectivity index (χ4n) is 1.95. The average molecular weight is 273 g/mol. The molecule has 1 aromatic carbocycles. The van der Waals surface area contributed by atoms with E-state index in [1.54, 1.807) is 17.4 Å². The van der Waals surface area contributed by atoms with Gasteiger partial charge in [0.25, 0.3) is 5.70 Å². The van der Waals surface area contributed by atoms with E-state index in [0.717, 1.165) is 16.0 Å². The van der Waals surface area contributed by atoms with Crippen LogP contribution in [0.2, 0.25) is 0 Å². The summed E-state index contributed by atoms with van der Waals surface area (Å²) in [4.78, 5) is 13.2. The van der Waals surface area contributed by atoms with Gasteiger partial charge < -0.3 is 0 Å². The molecule has 19 heavy (non-hydrogen) atoms. The largest absolute Gasteiger partial charge is 0.259 e. The second-order valence-corrected chi connectivity index (χ2v) is 5.88. The van der Waals surface area contributed by atoms with E-state index in [-0.39, 0.29) is 10.6 Å². The lowest BCUT2D eigenvalue weighted by Gasteiger charge is -1.99. The van der Waals surface area contributed by atoms with Crippen molar-refractivity contribution >= 4 is 17.4 Å². The summed E-state index contributed by atoms with van der Waals surface area (Å²) >= 11 is 1.66. The van der Waals surface area contributed by atoms with E-state index in [1.807, 2.05) is 50.2 Å². The second kappa shape index (κ2) is 5.80. The Morgan fingerprint density at radius 1 is 1.32 bits per heavy atom. The number of thiophene rings is 1. The standard InChI is InChI=1S/C15H15NO2S/c1-11-8-14(12(2)19-11)10-15(16(17)18)9-13-6-4-3-5-7-13/h3-8,10H,9H2,1-2H3. The van der Waals surface area contributed by atoms with Crippen LogP contribution in [0, 0.1) is 24.0 Å². The number of nitro groups is 1. The van der Waals surface area contributed by atoms with Crippen LogP contribution in [0.1, 0.15) is 20.9 Å². The molecule has 0 aliphatic heterocycles. The summed E-state index contributed by atoms with van der Waals surface area (Å²) in [7, 11) is 0. The minimum absolute atomic E-state index is 0.229. The van der Waals surface area contributed by atoms with E-state index < -0.39 is 0 Å². The Hall–Kier alpha value is -1.94.